The van der Waals surface area contributed by atoms with Gasteiger partial charge in [0.1, 0.15) is 0 Å². The summed E-state index contributed by atoms with van der Waals surface area (Å²) in [4.78, 5) is 2.06. The molecule has 0 spiro atoms. The molecule has 1 fully saturated rings. The van der Waals surface area contributed by atoms with Gasteiger partial charge in [0.15, 0.2) is 0 Å². The Balaban J connectivity index is 2.10. The van der Waals surface area contributed by atoms with Gasteiger partial charge >= 0.3 is 6.18 Å². The van der Waals surface area contributed by atoms with Crippen molar-refractivity contribution in [1.29, 1.82) is 0 Å². The van der Waals surface area contributed by atoms with E-state index in [1.807, 2.05) is 0 Å². The summed E-state index contributed by atoms with van der Waals surface area (Å²) in [5.41, 5.74) is 5.51. The van der Waals surface area contributed by atoms with E-state index >= 15 is 0 Å². The summed E-state index contributed by atoms with van der Waals surface area (Å²) in [5, 5.41) is 0. The molecule has 0 bridgehead atoms. The van der Waals surface area contributed by atoms with Crippen LogP contribution in [0.2, 0.25) is 0 Å². The van der Waals surface area contributed by atoms with Gasteiger partial charge in [-0.15, -0.1) is 0 Å². The first-order chi connectivity index (χ1) is 9.48. The van der Waals surface area contributed by atoms with Crippen molar-refractivity contribution in [3.63, 3.8) is 0 Å². The maximum Gasteiger partial charge on any atom is 0.416 e. The molecule has 1 saturated heterocycles. The first-order valence-electron chi connectivity index (χ1n) is 6.70. The number of halogens is 3. The molecule has 1 atom stereocenters. The summed E-state index contributed by atoms with van der Waals surface area (Å²) in [6, 6.07) is 4.88. The molecule has 0 radical (unpaired) electrons. The molecular formula is C14H19F3N2O. The fourth-order valence-corrected chi connectivity index (χ4v) is 2.44. The average Bonchev–Trinajstić information content (AvgIpc) is 2.66. The molecule has 3 nitrogen and oxygen atoms in total. The van der Waals surface area contributed by atoms with Crippen molar-refractivity contribution >= 4 is 0 Å². The fraction of sp³-hybridized carbons (Fsp3) is 0.571. The highest BCUT2D eigenvalue weighted by molar-refractivity contribution is 5.32. The van der Waals surface area contributed by atoms with Crippen molar-refractivity contribution in [2.24, 2.45) is 5.73 Å². The minimum absolute atomic E-state index is 0.158. The van der Waals surface area contributed by atoms with Crippen LogP contribution in [-0.4, -0.2) is 37.7 Å². The van der Waals surface area contributed by atoms with E-state index in [9.17, 15) is 13.2 Å². The van der Waals surface area contributed by atoms with Gasteiger partial charge in [-0.05, 0) is 18.1 Å². The molecule has 6 heteroatoms. The van der Waals surface area contributed by atoms with E-state index in [-0.39, 0.29) is 5.56 Å². The summed E-state index contributed by atoms with van der Waals surface area (Å²) in [5.74, 6) is 0. The summed E-state index contributed by atoms with van der Waals surface area (Å²) >= 11 is 0. The maximum absolute atomic E-state index is 13.0. The lowest BCUT2D eigenvalue weighted by Gasteiger charge is -2.25. The van der Waals surface area contributed by atoms with E-state index in [4.69, 9.17) is 10.5 Å². The Morgan fingerprint density at radius 1 is 1.20 bits per heavy atom. The Labute approximate surface area is 116 Å². The highest BCUT2D eigenvalue weighted by Crippen LogP contribution is 2.34. The Morgan fingerprint density at radius 2 is 1.95 bits per heavy atom. The topological polar surface area (TPSA) is 38.5 Å². The third-order valence-electron chi connectivity index (χ3n) is 3.44. The molecule has 112 valence electrons. The molecule has 1 aromatic carbocycles. The largest absolute Gasteiger partial charge is 0.416 e. The van der Waals surface area contributed by atoms with Crippen LogP contribution in [-0.2, 0) is 10.9 Å². The zero-order valence-corrected chi connectivity index (χ0v) is 11.2. The van der Waals surface area contributed by atoms with Crippen LogP contribution in [0.4, 0.5) is 13.2 Å². The average molecular weight is 288 g/mol. The standard InChI is InChI=1S/C14H19F3N2O/c15-14(16,17)12-5-2-1-4-11(12)13(18)10-19-6-3-8-20-9-7-19/h1-2,4-5,13H,3,6-10,18H2. The lowest BCUT2D eigenvalue weighted by molar-refractivity contribution is -0.138. The van der Waals surface area contributed by atoms with Gasteiger partial charge in [-0.25, -0.2) is 0 Å². The molecule has 1 unspecified atom stereocenters. The Bertz CT molecular complexity index is 429. The molecule has 0 aliphatic carbocycles. The minimum Gasteiger partial charge on any atom is -0.380 e. The van der Waals surface area contributed by atoms with E-state index in [1.165, 1.54) is 12.1 Å². The number of alkyl halides is 3. The SMILES string of the molecule is NC(CN1CCCOCC1)c1ccccc1C(F)(F)F. The molecule has 2 rings (SSSR count). The van der Waals surface area contributed by atoms with Crippen LogP contribution in [0, 0.1) is 0 Å². The summed E-state index contributed by atoms with van der Waals surface area (Å²) < 4.78 is 44.2. The van der Waals surface area contributed by atoms with Crippen molar-refractivity contribution in [3.05, 3.63) is 35.4 Å². The van der Waals surface area contributed by atoms with E-state index in [2.05, 4.69) is 4.90 Å². The number of ether oxygens (including phenoxy) is 1. The first-order valence-corrected chi connectivity index (χ1v) is 6.70. The third-order valence-corrected chi connectivity index (χ3v) is 3.44. The lowest BCUT2D eigenvalue weighted by atomic mass is 10.00. The Kier molecular flexibility index (Phi) is 5.01. The van der Waals surface area contributed by atoms with Gasteiger partial charge in [0.2, 0.25) is 0 Å². The van der Waals surface area contributed by atoms with Gasteiger partial charge in [-0.2, -0.15) is 13.2 Å². The molecule has 20 heavy (non-hydrogen) atoms. The maximum atomic E-state index is 13.0. The number of nitrogens with zero attached hydrogens (tertiary/aromatic N) is 1. The van der Waals surface area contributed by atoms with E-state index in [0.29, 0.717) is 26.3 Å². The van der Waals surface area contributed by atoms with Crippen molar-refractivity contribution in [2.45, 2.75) is 18.6 Å². The number of benzene rings is 1. The molecule has 1 aliphatic heterocycles. The number of hydrogen-bond donors (Lipinski definition) is 1. The van der Waals surface area contributed by atoms with Crippen molar-refractivity contribution < 1.29 is 17.9 Å². The monoisotopic (exact) mass is 288 g/mol. The zero-order chi connectivity index (χ0) is 14.6. The quantitative estimate of drug-likeness (QED) is 0.928. The van der Waals surface area contributed by atoms with Crippen LogP contribution < -0.4 is 5.73 Å². The number of hydrogen-bond acceptors (Lipinski definition) is 3. The van der Waals surface area contributed by atoms with Crippen molar-refractivity contribution in [2.75, 3.05) is 32.8 Å². The highest BCUT2D eigenvalue weighted by atomic mass is 19.4. The zero-order valence-electron chi connectivity index (χ0n) is 11.2. The highest BCUT2D eigenvalue weighted by Gasteiger charge is 2.34. The van der Waals surface area contributed by atoms with Crippen LogP contribution >= 0.6 is 0 Å². The normalized spacial score (nSPS) is 19.6. The van der Waals surface area contributed by atoms with Crippen molar-refractivity contribution in [1.82, 2.24) is 4.90 Å². The minimum atomic E-state index is -4.36. The predicted octanol–water partition coefficient (Wildman–Crippen LogP) is 2.43. The second-order valence-electron chi connectivity index (χ2n) is 4.96. The third kappa shape index (κ3) is 3.94. The molecule has 0 saturated carbocycles. The van der Waals surface area contributed by atoms with Crippen LogP contribution in [0.5, 0.6) is 0 Å². The van der Waals surface area contributed by atoms with E-state index < -0.39 is 17.8 Å². The molecular weight excluding hydrogens is 269 g/mol. The smallest absolute Gasteiger partial charge is 0.380 e. The summed E-state index contributed by atoms with van der Waals surface area (Å²) in [6.07, 6.45) is -3.48. The molecule has 0 amide bonds. The second kappa shape index (κ2) is 6.56. The van der Waals surface area contributed by atoms with Gasteiger partial charge in [-0.1, -0.05) is 18.2 Å². The summed E-state index contributed by atoms with van der Waals surface area (Å²) in [7, 11) is 0. The molecule has 1 aliphatic rings. The fourth-order valence-electron chi connectivity index (χ4n) is 2.44. The number of rotatable bonds is 3. The van der Waals surface area contributed by atoms with Gasteiger partial charge < -0.3 is 10.5 Å². The molecule has 1 aromatic rings. The van der Waals surface area contributed by atoms with Crippen LogP contribution in [0.1, 0.15) is 23.6 Å². The molecule has 2 N–H and O–H groups in total. The second-order valence-corrected chi connectivity index (χ2v) is 4.96. The Morgan fingerprint density at radius 3 is 2.70 bits per heavy atom. The Hall–Kier alpha value is -1.11. The van der Waals surface area contributed by atoms with Crippen LogP contribution in [0.25, 0.3) is 0 Å². The summed E-state index contributed by atoms with van der Waals surface area (Å²) in [6.45, 7) is 3.23. The van der Waals surface area contributed by atoms with Crippen LogP contribution in [0.15, 0.2) is 24.3 Å². The van der Waals surface area contributed by atoms with Crippen LogP contribution in [0.3, 0.4) is 0 Å². The number of nitrogens with two attached hydrogens (primary N) is 1. The van der Waals surface area contributed by atoms with E-state index in [1.54, 1.807) is 6.07 Å². The molecule has 0 aromatic heterocycles. The first kappa shape index (κ1) is 15.3. The van der Waals surface area contributed by atoms with Gasteiger partial charge in [0, 0.05) is 32.3 Å². The lowest BCUT2D eigenvalue weighted by Crippen LogP contribution is -2.34. The van der Waals surface area contributed by atoms with Gasteiger partial charge in [0.25, 0.3) is 0 Å². The predicted molar refractivity (Wildman–Crippen MR) is 70.2 cm³/mol. The van der Waals surface area contributed by atoms with Gasteiger partial charge in [0.05, 0.1) is 12.2 Å². The van der Waals surface area contributed by atoms with Crippen molar-refractivity contribution in [3.8, 4) is 0 Å². The molecule has 1 heterocycles. The van der Waals surface area contributed by atoms with E-state index in [0.717, 1.165) is 19.0 Å². The van der Waals surface area contributed by atoms with Gasteiger partial charge in [-0.3, -0.25) is 4.90 Å².